The van der Waals surface area contributed by atoms with Crippen molar-refractivity contribution in [2.45, 2.75) is 18.7 Å². The van der Waals surface area contributed by atoms with Gasteiger partial charge in [-0.1, -0.05) is 35.5 Å². The Labute approximate surface area is 121 Å². The van der Waals surface area contributed by atoms with Crippen molar-refractivity contribution in [3.8, 4) is 0 Å². The van der Waals surface area contributed by atoms with E-state index in [9.17, 15) is 18.3 Å². The second-order valence-electron chi connectivity index (χ2n) is 4.49. The molecule has 2 rings (SSSR count). The zero-order valence-electron chi connectivity index (χ0n) is 11.2. The Bertz CT molecular complexity index is 724. The van der Waals surface area contributed by atoms with Gasteiger partial charge < -0.3 is 9.63 Å². The molecule has 0 spiro atoms. The van der Waals surface area contributed by atoms with Crippen LogP contribution in [0, 0.1) is 6.92 Å². The second kappa shape index (κ2) is 6.06. The fourth-order valence-corrected chi connectivity index (χ4v) is 3.01. The molecule has 0 radical (unpaired) electrons. The summed E-state index contributed by atoms with van der Waals surface area (Å²) in [7, 11) is -3.87. The minimum atomic E-state index is -3.87. The summed E-state index contributed by atoms with van der Waals surface area (Å²) < 4.78 is 31.0. The summed E-state index contributed by atoms with van der Waals surface area (Å²) in [5, 5.41) is 12.8. The maximum atomic E-state index is 12.0. The van der Waals surface area contributed by atoms with E-state index in [1.165, 1.54) is 6.07 Å². The van der Waals surface area contributed by atoms with E-state index in [-0.39, 0.29) is 5.69 Å². The number of hydrogen-bond acceptors (Lipinski definition) is 5. The molecule has 1 heterocycles. The zero-order valence-corrected chi connectivity index (χ0v) is 12.0. The van der Waals surface area contributed by atoms with Gasteiger partial charge in [0.1, 0.15) is 23.2 Å². The third kappa shape index (κ3) is 4.14. The lowest BCUT2D eigenvalue weighted by atomic mass is 10.1. The lowest BCUT2D eigenvalue weighted by molar-refractivity contribution is -0.139. The summed E-state index contributed by atoms with van der Waals surface area (Å²) in [6.45, 7) is 1.64. The van der Waals surface area contributed by atoms with Crippen molar-refractivity contribution in [3.05, 3.63) is 53.4 Å². The number of aryl methyl sites for hydroxylation is 1. The highest BCUT2D eigenvalue weighted by Gasteiger charge is 2.26. The number of aliphatic carboxylic acids is 1. The van der Waals surface area contributed by atoms with Crippen LogP contribution in [0.2, 0.25) is 0 Å². The van der Waals surface area contributed by atoms with Crippen molar-refractivity contribution in [3.63, 3.8) is 0 Å². The SMILES string of the molecule is Cc1cc(CS(=O)(=O)NC(C(=O)O)c2ccccc2)no1. The summed E-state index contributed by atoms with van der Waals surface area (Å²) in [6.07, 6.45) is 0. The molecule has 21 heavy (non-hydrogen) atoms. The third-order valence-electron chi connectivity index (χ3n) is 2.69. The molecule has 1 aromatic carbocycles. The molecule has 7 nitrogen and oxygen atoms in total. The molecule has 1 atom stereocenters. The third-order valence-corrected chi connectivity index (χ3v) is 3.96. The highest BCUT2D eigenvalue weighted by Crippen LogP contribution is 2.15. The topological polar surface area (TPSA) is 110 Å². The summed E-state index contributed by atoms with van der Waals surface area (Å²) in [5.41, 5.74) is 0.571. The van der Waals surface area contributed by atoms with Gasteiger partial charge in [-0.25, -0.2) is 8.42 Å². The Morgan fingerprint density at radius 1 is 1.38 bits per heavy atom. The molecule has 0 bridgehead atoms. The standard InChI is InChI=1S/C13H14N2O5S/c1-9-7-11(14-20-9)8-21(18,19)15-12(13(16)17)10-5-3-2-4-6-10/h2-7,12,15H,8H2,1H3,(H,16,17). The van der Waals surface area contributed by atoms with Crippen LogP contribution in [0.5, 0.6) is 0 Å². The number of carboxylic acids is 1. The van der Waals surface area contributed by atoms with Crippen LogP contribution in [-0.2, 0) is 20.6 Å². The van der Waals surface area contributed by atoms with Crippen molar-refractivity contribution < 1.29 is 22.8 Å². The van der Waals surface area contributed by atoms with Crippen molar-refractivity contribution in [2.24, 2.45) is 0 Å². The normalized spacial score (nSPS) is 13.0. The van der Waals surface area contributed by atoms with Crippen LogP contribution >= 0.6 is 0 Å². The van der Waals surface area contributed by atoms with Crippen molar-refractivity contribution in [1.82, 2.24) is 9.88 Å². The van der Waals surface area contributed by atoms with Crippen LogP contribution in [0.15, 0.2) is 40.9 Å². The van der Waals surface area contributed by atoms with Crippen LogP contribution in [-0.4, -0.2) is 24.7 Å². The minimum Gasteiger partial charge on any atom is -0.480 e. The smallest absolute Gasteiger partial charge is 0.326 e. The summed E-state index contributed by atoms with van der Waals surface area (Å²) >= 11 is 0. The molecule has 2 N–H and O–H groups in total. The highest BCUT2D eigenvalue weighted by molar-refractivity contribution is 7.88. The number of rotatable bonds is 6. The number of sulfonamides is 1. The van der Waals surface area contributed by atoms with Crippen LogP contribution in [0.25, 0.3) is 0 Å². The Morgan fingerprint density at radius 2 is 2.05 bits per heavy atom. The van der Waals surface area contributed by atoms with E-state index in [1.54, 1.807) is 37.3 Å². The molecule has 1 aromatic heterocycles. The molecule has 0 fully saturated rings. The molecule has 0 amide bonds. The number of hydrogen-bond donors (Lipinski definition) is 2. The van der Waals surface area contributed by atoms with Gasteiger partial charge in [0.05, 0.1) is 0 Å². The predicted octanol–water partition coefficient (Wildman–Crippen LogP) is 1.23. The first-order valence-corrected chi connectivity index (χ1v) is 7.72. The second-order valence-corrected chi connectivity index (χ2v) is 6.24. The first kappa shape index (κ1) is 15.2. The summed E-state index contributed by atoms with van der Waals surface area (Å²) in [5.74, 6) is -1.24. The van der Waals surface area contributed by atoms with Gasteiger partial charge in [-0.05, 0) is 12.5 Å². The van der Waals surface area contributed by atoms with E-state index >= 15 is 0 Å². The van der Waals surface area contributed by atoms with Gasteiger partial charge in [-0.15, -0.1) is 0 Å². The van der Waals surface area contributed by atoms with Crippen molar-refractivity contribution in [2.75, 3.05) is 0 Å². The van der Waals surface area contributed by atoms with Gasteiger partial charge >= 0.3 is 5.97 Å². The molecular weight excluding hydrogens is 296 g/mol. The number of carbonyl (C=O) groups is 1. The zero-order chi connectivity index (χ0) is 15.5. The highest BCUT2D eigenvalue weighted by atomic mass is 32.2. The lowest BCUT2D eigenvalue weighted by Crippen LogP contribution is -2.34. The number of nitrogens with zero attached hydrogens (tertiary/aromatic N) is 1. The van der Waals surface area contributed by atoms with Gasteiger partial charge in [0, 0.05) is 6.07 Å². The van der Waals surface area contributed by atoms with Gasteiger partial charge in [-0.3, -0.25) is 4.79 Å². The molecule has 112 valence electrons. The summed E-state index contributed by atoms with van der Waals surface area (Å²) in [4.78, 5) is 11.3. The van der Waals surface area contributed by atoms with E-state index in [2.05, 4.69) is 9.88 Å². The van der Waals surface area contributed by atoms with E-state index in [0.717, 1.165) is 0 Å². The number of carboxylic acid groups (broad SMARTS) is 1. The van der Waals surface area contributed by atoms with Gasteiger partial charge in [0.2, 0.25) is 10.0 Å². The van der Waals surface area contributed by atoms with Crippen molar-refractivity contribution >= 4 is 16.0 Å². The fourth-order valence-electron chi connectivity index (χ4n) is 1.81. The minimum absolute atomic E-state index is 0.220. The molecule has 0 aliphatic heterocycles. The molecular formula is C13H14N2O5S. The Morgan fingerprint density at radius 3 is 2.57 bits per heavy atom. The summed E-state index contributed by atoms with van der Waals surface area (Å²) in [6, 6.07) is 8.22. The molecule has 0 aliphatic carbocycles. The maximum absolute atomic E-state index is 12.0. The molecule has 0 aliphatic rings. The van der Waals surface area contributed by atoms with Crippen LogP contribution in [0.4, 0.5) is 0 Å². The van der Waals surface area contributed by atoms with Gasteiger partial charge in [0.25, 0.3) is 0 Å². The molecule has 2 aromatic rings. The largest absolute Gasteiger partial charge is 0.480 e. The van der Waals surface area contributed by atoms with Gasteiger partial charge in [0.15, 0.2) is 0 Å². The van der Waals surface area contributed by atoms with E-state index < -0.39 is 27.8 Å². The molecule has 0 saturated carbocycles. The van der Waals surface area contributed by atoms with Gasteiger partial charge in [-0.2, -0.15) is 4.72 Å². The predicted molar refractivity (Wildman–Crippen MR) is 73.8 cm³/mol. The Hall–Kier alpha value is -2.19. The molecule has 0 saturated heterocycles. The van der Waals surface area contributed by atoms with Crippen LogP contribution < -0.4 is 4.72 Å². The van der Waals surface area contributed by atoms with E-state index in [1.807, 2.05) is 0 Å². The van der Waals surface area contributed by atoms with Crippen LogP contribution in [0.1, 0.15) is 23.1 Å². The average molecular weight is 310 g/mol. The van der Waals surface area contributed by atoms with Crippen LogP contribution in [0.3, 0.4) is 0 Å². The Balaban J connectivity index is 2.18. The van der Waals surface area contributed by atoms with E-state index in [4.69, 9.17) is 4.52 Å². The number of aromatic nitrogens is 1. The maximum Gasteiger partial charge on any atom is 0.326 e. The molecule has 1 unspecified atom stereocenters. The first-order valence-electron chi connectivity index (χ1n) is 6.07. The quantitative estimate of drug-likeness (QED) is 0.830. The monoisotopic (exact) mass is 310 g/mol. The van der Waals surface area contributed by atoms with E-state index in [0.29, 0.717) is 11.3 Å². The van der Waals surface area contributed by atoms with Crippen molar-refractivity contribution in [1.29, 1.82) is 0 Å². The fraction of sp³-hybridized carbons (Fsp3) is 0.231. The number of nitrogens with one attached hydrogen (secondary N) is 1. The lowest BCUT2D eigenvalue weighted by Gasteiger charge is -2.14. The molecule has 8 heteroatoms. The first-order chi connectivity index (χ1) is 9.87. The average Bonchev–Trinajstić information content (AvgIpc) is 2.81. The number of benzene rings is 1. The Kier molecular flexibility index (Phi) is 4.39.